The van der Waals surface area contributed by atoms with Crippen molar-refractivity contribution in [2.24, 2.45) is 0 Å². The van der Waals surface area contributed by atoms with Gasteiger partial charge in [0, 0.05) is 31.4 Å². The van der Waals surface area contributed by atoms with Gasteiger partial charge in [-0.3, -0.25) is 9.59 Å². The first kappa shape index (κ1) is 40.8. The van der Waals surface area contributed by atoms with Gasteiger partial charge in [-0.05, 0) is 57.2 Å². The Morgan fingerprint density at radius 2 is 1.12 bits per heavy atom. The second-order valence-corrected chi connectivity index (χ2v) is 12.4. The first-order chi connectivity index (χ1) is 24.3. The van der Waals surface area contributed by atoms with Gasteiger partial charge >= 0.3 is 5.97 Å². The number of amides is 1. The van der Waals surface area contributed by atoms with Gasteiger partial charge in [-0.1, -0.05) is 91.0 Å². The molecule has 0 saturated heterocycles. The number of hydrogen-bond donors (Lipinski definition) is 1. The molecule has 0 aliphatic carbocycles. The molecule has 0 radical (unpaired) electrons. The van der Waals surface area contributed by atoms with Crippen molar-refractivity contribution in [3.63, 3.8) is 0 Å². The molecule has 0 aromatic heterocycles. The van der Waals surface area contributed by atoms with E-state index in [2.05, 4.69) is 41.7 Å². The van der Waals surface area contributed by atoms with Crippen molar-refractivity contribution in [3.05, 3.63) is 108 Å². The highest BCUT2D eigenvalue weighted by Crippen LogP contribution is 2.43. The predicted octanol–water partition coefficient (Wildman–Crippen LogP) is 6.51. The molecule has 3 unspecified atom stereocenters. The molecule has 0 saturated carbocycles. The van der Waals surface area contributed by atoms with Crippen LogP contribution in [0.4, 0.5) is 0 Å². The Balaban J connectivity index is 1.30. The maximum atomic E-state index is 13.1. The lowest BCUT2D eigenvalue weighted by molar-refractivity contribution is -0.146. The van der Waals surface area contributed by atoms with Crippen LogP contribution in [0.15, 0.2) is 91.0 Å². The third-order valence-corrected chi connectivity index (χ3v) is 8.32. The molecule has 0 heterocycles. The number of hydrogen-bond acceptors (Lipinski definition) is 8. The summed E-state index contributed by atoms with van der Waals surface area (Å²) in [4.78, 5) is 25.3. The summed E-state index contributed by atoms with van der Waals surface area (Å²) in [5, 5.41) is 2.99. The molecule has 9 heteroatoms. The van der Waals surface area contributed by atoms with E-state index in [0.717, 1.165) is 16.7 Å². The van der Waals surface area contributed by atoms with Crippen molar-refractivity contribution in [3.8, 4) is 0 Å². The van der Waals surface area contributed by atoms with E-state index in [1.807, 2.05) is 82.3 Å². The lowest BCUT2D eigenvalue weighted by Crippen LogP contribution is -2.33. The normalized spacial score (nSPS) is 13.4. The van der Waals surface area contributed by atoms with Crippen LogP contribution in [-0.4, -0.2) is 89.6 Å². The molecule has 50 heavy (non-hydrogen) atoms. The molecule has 9 nitrogen and oxygen atoms in total. The molecule has 3 aromatic rings. The molecular weight excluding hydrogens is 634 g/mol. The number of carbonyl (C=O) groups excluding carboxylic acids is 2. The fraction of sp³-hybridized carbons (Fsp3) is 0.512. The average molecular weight is 692 g/mol. The van der Waals surface area contributed by atoms with Gasteiger partial charge in [-0.2, -0.15) is 0 Å². The van der Waals surface area contributed by atoms with E-state index in [4.69, 9.17) is 28.4 Å². The summed E-state index contributed by atoms with van der Waals surface area (Å²) < 4.78 is 33.4. The van der Waals surface area contributed by atoms with Crippen molar-refractivity contribution >= 4 is 11.9 Å². The summed E-state index contributed by atoms with van der Waals surface area (Å²) in [7, 11) is 0. The van der Waals surface area contributed by atoms with E-state index >= 15 is 0 Å². The van der Waals surface area contributed by atoms with Crippen LogP contribution in [0.3, 0.4) is 0 Å². The molecule has 0 bridgehead atoms. The van der Waals surface area contributed by atoms with Crippen molar-refractivity contribution in [1.82, 2.24) is 5.32 Å². The van der Waals surface area contributed by atoms with Gasteiger partial charge in [0.25, 0.3) is 0 Å². The quantitative estimate of drug-likeness (QED) is 0.0578. The van der Waals surface area contributed by atoms with Gasteiger partial charge in [0.05, 0.1) is 58.0 Å². The third kappa shape index (κ3) is 14.7. The van der Waals surface area contributed by atoms with Crippen LogP contribution in [0.25, 0.3) is 0 Å². The second-order valence-electron chi connectivity index (χ2n) is 12.4. The average Bonchev–Trinajstić information content (AvgIpc) is 3.15. The molecule has 3 rings (SSSR count). The first-order valence-corrected chi connectivity index (χ1v) is 17.9. The summed E-state index contributed by atoms with van der Waals surface area (Å²) in [6.07, 6.45) is 1.42. The van der Waals surface area contributed by atoms with Crippen LogP contribution in [0.5, 0.6) is 0 Å². The Kier molecular flexibility index (Phi) is 19.4. The number of benzene rings is 3. The van der Waals surface area contributed by atoms with E-state index in [1.54, 1.807) is 0 Å². The van der Waals surface area contributed by atoms with E-state index in [9.17, 15) is 9.59 Å². The molecule has 0 aliphatic rings. The van der Waals surface area contributed by atoms with Crippen molar-refractivity contribution in [1.29, 1.82) is 0 Å². The Labute approximate surface area is 298 Å². The Morgan fingerprint density at radius 3 is 1.66 bits per heavy atom. The zero-order valence-corrected chi connectivity index (χ0v) is 30.4. The third-order valence-electron chi connectivity index (χ3n) is 8.32. The highest BCUT2D eigenvalue weighted by Gasteiger charge is 2.36. The van der Waals surface area contributed by atoms with Crippen LogP contribution in [-0.2, 0) is 43.4 Å². The lowest BCUT2D eigenvalue weighted by Gasteiger charge is -2.36. The van der Waals surface area contributed by atoms with E-state index in [1.165, 1.54) is 0 Å². The molecular formula is C41H57NO8. The van der Waals surface area contributed by atoms with Crippen LogP contribution in [0.1, 0.15) is 70.1 Å². The zero-order chi connectivity index (χ0) is 35.9. The molecule has 0 aliphatic heterocycles. The number of esters is 1. The second kappa shape index (κ2) is 23.7. The number of rotatable bonds is 26. The van der Waals surface area contributed by atoms with E-state index in [0.29, 0.717) is 65.4 Å². The van der Waals surface area contributed by atoms with Crippen molar-refractivity contribution < 1.29 is 38.0 Å². The molecule has 274 valence electrons. The van der Waals surface area contributed by atoms with Gasteiger partial charge < -0.3 is 33.7 Å². The largest absolute Gasteiger partial charge is 0.463 e. The van der Waals surface area contributed by atoms with Crippen LogP contribution in [0, 0.1) is 0 Å². The monoisotopic (exact) mass is 691 g/mol. The summed E-state index contributed by atoms with van der Waals surface area (Å²) in [6.45, 7) is 11.8. The first-order valence-electron chi connectivity index (χ1n) is 17.9. The van der Waals surface area contributed by atoms with Crippen LogP contribution < -0.4 is 5.32 Å². The van der Waals surface area contributed by atoms with E-state index in [-0.39, 0.29) is 49.8 Å². The fourth-order valence-electron chi connectivity index (χ4n) is 5.68. The van der Waals surface area contributed by atoms with Gasteiger partial charge in [-0.25, -0.2) is 0 Å². The summed E-state index contributed by atoms with van der Waals surface area (Å²) in [5.74, 6) is -0.362. The van der Waals surface area contributed by atoms with Crippen LogP contribution >= 0.6 is 0 Å². The van der Waals surface area contributed by atoms with E-state index < -0.39 is 5.41 Å². The standard InChI is InChI=1S/C41H57NO8/c1-5-45-26-28-47-34(3)31-50-35(4)32-49-33(2)30-46-27-29-48-40(44)22-15-25-42-39(43)23-24-41(36-16-9-6-10-17-36,37-18-11-7-12-19-37)38-20-13-8-14-21-38/h6-14,16-21,33-35H,5,15,22-32H2,1-4H3,(H,42,43). The van der Waals surface area contributed by atoms with Crippen LogP contribution in [0.2, 0.25) is 0 Å². The van der Waals surface area contributed by atoms with Crippen molar-refractivity contribution in [2.75, 3.05) is 59.4 Å². The highest BCUT2D eigenvalue weighted by molar-refractivity contribution is 5.76. The van der Waals surface area contributed by atoms with Gasteiger partial charge in [0.1, 0.15) is 6.61 Å². The number of nitrogens with one attached hydrogen (secondary N) is 1. The topological polar surface area (TPSA) is 102 Å². The Hall–Kier alpha value is -3.60. The minimum Gasteiger partial charge on any atom is -0.463 e. The summed E-state index contributed by atoms with van der Waals surface area (Å²) >= 11 is 0. The number of ether oxygens (including phenoxy) is 6. The summed E-state index contributed by atoms with van der Waals surface area (Å²) in [6, 6.07) is 31.1. The molecule has 3 aromatic carbocycles. The maximum absolute atomic E-state index is 13.1. The van der Waals surface area contributed by atoms with Crippen molar-refractivity contribution in [2.45, 2.75) is 77.1 Å². The van der Waals surface area contributed by atoms with Gasteiger partial charge in [-0.15, -0.1) is 0 Å². The molecule has 1 amide bonds. The lowest BCUT2D eigenvalue weighted by atomic mass is 9.66. The smallest absolute Gasteiger partial charge is 0.305 e. The zero-order valence-electron chi connectivity index (χ0n) is 30.4. The molecule has 3 atom stereocenters. The number of carbonyl (C=O) groups is 2. The minimum atomic E-state index is -0.484. The molecule has 0 spiro atoms. The van der Waals surface area contributed by atoms with Gasteiger partial charge in [0.15, 0.2) is 0 Å². The predicted molar refractivity (Wildman–Crippen MR) is 195 cm³/mol. The minimum absolute atomic E-state index is 0.0170. The SMILES string of the molecule is CCOCCOC(C)COC(C)COC(C)COCCOC(=O)CCCNC(=O)CCC(c1ccccc1)(c1ccccc1)c1ccccc1. The highest BCUT2D eigenvalue weighted by atomic mass is 16.6. The van der Waals surface area contributed by atoms with Gasteiger partial charge in [0.2, 0.25) is 5.91 Å². The fourth-order valence-corrected chi connectivity index (χ4v) is 5.68. The molecule has 0 fully saturated rings. The Morgan fingerprint density at radius 1 is 0.620 bits per heavy atom. The molecule has 1 N–H and O–H groups in total. The Bertz CT molecular complexity index is 1230. The maximum Gasteiger partial charge on any atom is 0.305 e. The summed E-state index contributed by atoms with van der Waals surface area (Å²) in [5.41, 5.74) is 2.93.